The molecule has 0 aliphatic rings. The molecule has 0 saturated heterocycles. The van der Waals surface area contributed by atoms with Crippen LogP contribution in [-0.4, -0.2) is 24.6 Å². The van der Waals surface area contributed by atoms with E-state index in [4.69, 9.17) is 4.98 Å². The highest BCUT2D eigenvalue weighted by molar-refractivity contribution is 7.15. The van der Waals surface area contributed by atoms with Gasteiger partial charge in [0, 0.05) is 31.1 Å². The summed E-state index contributed by atoms with van der Waals surface area (Å²) in [6.45, 7) is 15.3. The first kappa shape index (κ1) is 16.4. The van der Waals surface area contributed by atoms with Crippen molar-refractivity contribution < 1.29 is 0 Å². The number of nitrogens with zero attached hydrogens (tertiary/aromatic N) is 2. The van der Waals surface area contributed by atoms with E-state index in [1.165, 1.54) is 10.6 Å². The molecule has 110 valence electrons. The third-order valence-electron chi connectivity index (χ3n) is 2.81. The topological polar surface area (TPSA) is 28.2 Å². The molecule has 0 radical (unpaired) electrons. The summed E-state index contributed by atoms with van der Waals surface area (Å²) < 4.78 is 0. The summed E-state index contributed by atoms with van der Waals surface area (Å²) >= 11 is 1.83. The number of thiazole rings is 1. The molecular formula is C15H29N3S. The molecule has 0 bridgehead atoms. The van der Waals surface area contributed by atoms with Crippen LogP contribution in [0.25, 0.3) is 0 Å². The fraction of sp³-hybridized carbons (Fsp3) is 0.800. The largest absolute Gasteiger partial charge is 0.351 e. The van der Waals surface area contributed by atoms with Crippen molar-refractivity contribution in [3.05, 3.63) is 10.6 Å². The van der Waals surface area contributed by atoms with Gasteiger partial charge < -0.3 is 10.2 Å². The van der Waals surface area contributed by atoms with Gasteiger partial charge >= 0.3 is 0 Å². The predicted octanol–water partition coefficient (Wildman–Crippen LogP) is 3.69. The minimum Gasteiger partial charge on any atom is -0.351 e. The van der Waals surface area contributed by atoms with Gasteiger partial charge in [0.25, 0.3) is 0 Å². The molecule has 0 aromatic carbocycles. The van der Waals surface area contributed by atoms with Crippen LogP contribution in [0.15, 0.2) is 0 Å². The van der Waals surface area contributed by atoms with E-state index in [1.807, 2.05) is 11.3 Å². The zero-order valence-electron chi connectivity index (χ0n) is 13.5. The Morgan fingerprint density at radius 2 is 1.95 bits per heavy atom. The van der Waals surface area contributed by atoms with Gasteiger partial charge in [-0.1, -0.05) is 41.5 Å². The Kier molecular flexibility index (Phi) is 5.81. The third kappa shape index (κ3) is 5.49. The molecule has 1 heterocycles. The molecule has 0 aliphatic heterocycles. The quantitative estimate of drug-likeness (QED) is 0.863. The van der Waals surface area contributed by atoms with Crippen LogP contribution in [0.2, 0.25) is 0 Å². The summed E-state index contributed by atoms with van der Waals surface area (Å²) in [6.07, 6.45) is 1.01. The molecule has 19 heavy (non-hydrogen) atoms. The van der Waals surface area contributed by atoms with Gasteiger partial charge in [-0.2, -0.15) is 0 Å². The second-order valence-electron chi connectivity index (χ2n) is 6.67. The Bertz CT molecular complexity index is 391. The molecule has 0 atom stereocenters. The first-order chi connectivity index (χ1) is 8.73. The number of rotatable bonds is 6. The van der Waals surface area contributed by atoms with Gasteiger partial charge in [-0.25, -0.2) is 4.98 Å². The lowest BCUT2D eigenvalue weighted by atomic mass is 9.96. The number of nitrogens with one attached hydrogen (secondary N) is 1. The first-order valence-electron chi connectivity index (χ1n) is 7.16. The Hall–Kier alpha value is -0.610. The average Bonchev–Trinajstić information content (AvgIpc) is 2.67. The van der Waals surface area contributed by atoms with Gasteiger partial charge in [-0.15, -0.1) is 11.3 Å². The minimum absolute atomic E-state index is 0.295. The lowest BCUT2D eigenvalue weighted by molar-refractivity contribution is 0.418. The summed E-state index contributed by atoms with van der Waals surface area (Å²) in [7, 11) is 2.14. The zero-order chi connectivity index (χ0) is 14.6. The average molecular weight is 283 g/mol. The fourth-order valence-electron chi connectivity index (χ4n) is 2.02. The predicted molar refractivity (Wildman–Crippen MR) is 86.2 cm³/mol. The lowest BCUT2D eigenvalue weighted by Crippen LogP contribution is -2.28. The number of aromatic nitrogens is 1. The highest BCUT2D eigenvalue weighted by atomic mass is 32.1. The number of aryl methyl sites for hydroxylation is 1. The molecule has 0 fully saturated rings. The van der Waals surface area contributed by atoms with Gasteiger partial charge in [0.05, 0.1) is 5.69 Å². The molecule has 4 heteroatoms. The lowest BCUT2D eigenvalue weighted by Gasteiger charge is -2.26. The molecule has 0 unspecified atom stereocenters. The van der Waals surface area contributed by atoms with Crippen LogP contribution < -0.4 is 10.2 Å². The van der Waals surface area contributed by atoms with Crippen molar-refractivity contribution in [2.24, 2.45) is 5.41 Å². The number of hydrogen-bond donors (Lipinski definition) is 1. The first-order valence-corrected chi connectivity index (χ1v) is 7.97. The fourth-order valence-corrected chi connectivity index (χ4v) is 3.08. The molecule has 1 N–H and O–H groups in total. The molecule has 1 aromatic rings. The van der Waals surface area contributed by atoms with E-state index in [9.17, 15) is 0 Å². The van der Waals surface area contributed by atoms with Crippen molar-refractivity contribution >= 4 is 16.5 Å². The van der Waals surface area contributed by atoms with E-state index in [0.29, 0.717) is 11.5 Å². The third-order valence-corrected chi connectivity index (χ3v) is 4.02. The molecule has 0 amide bonds. The van der Waals surface area contributed by atoms with Crippen LogP contribution >= 0.6 is 11.3 Å². The SMILES string of the molecule is CCc1nc(N(C)CC(C)(C)C)sc1CNC(C)C. The second-order valence-corrected chi connectivity index (χ2v) is 7.73. The maximum Gasteiger partial charge on any atom is 0.185 e. The van der Waals surface area contributed by atoms with Crippen LogP contribution in [0.4, 0.5) is 5.13 Å². The Morgan fingerprint density at radius 3 is 2.42 bits per heavy atom. The van der Waals surface area contributed by atoms with Crippen molar-refractivity contribution in [2.75, 3.05) is 18.5 Å². The van der Waals surface area contributed by atoms with E-state index >= 15 is 0 Å². The summed E-state index contributed by atoms with van der Waals surface area (Å²) in [5, 5.41) is 4.63. The molecule has 1 rings (SSSR count). The Labute approximate surface area is 122 Å². The van der Waals surface area contributed by atoms with Crippen LogP contribution in [0.1, 0.15) is 52.1 Å². The molecule has 3 nitrogen and oxygen atoms in total. The van der Waals surface area contributed by atoms with Gasteiger partial charge in [0.1, 0.15) is 0 Å². The van der Waals surface area contributed by atoms with Crippen LogP contribution in [0, 0.1) is 5.41 Å². The highest BCUT2D eigenvalue weighted by Gasteiger charge is 2.18. The van der Waals surface area contributed by atoms with E-state index < -0.39 is 0 Å². The Balaban J connectivity index is 2.80. The van der Waals surface area contributed by atoms with Crippen molar-refractivity contribution in [3.63, 3.8) is 0 Å². The van der Waals surface area contributed by atoms with Gasteiger partial charge in [0.15, 0.2) is 5.13 Å². The Morgan fingerprint density at radius 1 is 1.32 bits per heavy atom. The number of anilines is 1. The molecular weight excluding hydrogens is 254 g/mol. The normalized spacial score (nSPS) is 12.2. The van der Waals surface area contributed by atoms with Crippen molar-refractivity contribution in [3.8, 4) is 0 Å². The number of hydrogen-bond acceptors (Lipinski definition) is 4. The van der Waals surface area contributed by atoms with Crippen LogP contribution in [-0.2, 0) is 13.0 Å². The molecule has 0 saturated carbocycles. The summed E-state index contributed by atoms with van der Waals surface area (Å²) in [6, 6.07) is 0.516. The monoisotopic (exact) mass is 283 g/mol. The van der Waals surface area contributed by atoms with Gasteiger partial charge in [0.2, 0.25) is 0 Å². The van der Waals surface area contributed by atoms with Crippen molar-refractivity contribution in [2.45, 2.75) is 60.5 Å². The maximum atomic E-state index is 4.80. The molecule has 0 spiro atoms. The smallest absolute Gasteiger partial charge is 0.185 e. The van der Waals surface area contributed by atoms with E-state index in [0.717, 1.165) is 24.6 Å². The van der Waals surface area contributed by atoms with Crippen LogP contribution in [0.5, 0.6) is 0 Å². The van der Waals surface area contributed by atoms with Crippen molar-refractivity contribution in [1.29, 1.82) is 0 Å². The van der Waals surface area contributed by atoms with E-state index in [2.05, 4.69) is 58.8 Å². The van der Waals surface area contributed by atoms with E-state index in [1.54, 1.807) is 0 Å². The van der Waals surface area contributed by atoms with Gasteiger partial charge in [-0.3, -0.25) is 0 Å². The van der Waals surface area contributed by atoms with E-state index in [-0.39, 0.29) is 0 Å². The van der Waals surface area contributed by atoms with Gasteiger partial charge in [-0.05, 0) is 11.8 Å². The standard InChI is InChI=1S/C15H29N3S/c1-8-12-13(9-16-11(2)3)19-14(17-12)18(7)10-15(4,5)6/h11,16H,8-10H2,1-7H3. The second kappa shape index (κ2) is 6.71. The zero-order valence-corrected chi connectivity index (χ0v) is 14.3. The highest BCUT2D eigenvalue weighted by Crippen LogP contribution is 2.28. The summed E-state index contributed by atoms with van der Waals surface area (Å²) in [5.74, 6) is 0. The van der Waals surface area contributed by atoms with Crippen molar-refractivity contribution in [1.82, 2.24) is 10.3 Å². The molecule has 0 aliphatic carbocycles. The maximum absolute atomic E-state index is 4.80. The van der Waals surface area contributed by atoms with Crippen LogP contribution in [0.3, 0.4) is 0 Å². The molecule has 1 aromatic heterocycles. The minimum atomic E-state index is 0.295. The summed E-state index contributed by atoms with van der Waals surface area (Å²) in [5.41, 5.74) is 1.54. The summed E-state index contributed by atoms with van der Waals surface area (Å²) in [4.78, 5) is 8.46.